The molecule has 7 nitrogen and oxygen atoms in total. The SMILES string of the molecule is COc1cc(OC)c(C2=NC3=NC(=O)N=CC3=N2)cc1Br. The molecule has 0 saturated carbocycles. The van der Waals surface area contributed by atoms with Gasteiger partial charge in [-0.05, 0) is 22.0 Å². The summed E-state index contributed by atoms with van der Waals surface area (Å²) in [4.78, 5) is 27.0. The van der Waals surface area contributed by atoms with Crippen molar-refractivity contribution in [1.82, 2.24) is 0 Å². The first-order chi connectivity index (χ1) is 10.1. The second kappa shape index (κ2) is 5.21. The predicted octanol–water partition coefficient (Wildman–Crippen LogP) is 2.27. The highest BCUT2D eigenvalue weighted by Gasteiger charge is 2.24. The Morgan fingerprint density at radius 1 is 1.00 bits per heavy atom. The van der Waals surface area contributed by atoms with E-state index in [-0.39, 0.29) is 5.84 Å². The Bertz CT molecular complexity index is 765. The van der Waals surface area contributed by atoms with Crippen molar-refractivity contribution in [2.24, 2.45) is 20.0 Å². The van der Waals surface area contributed by atoms with Crippen LogP contribution in [0.5, 0.6) is 11.5 Å². The first kappa shape index (κ1) is 13.6. The highest BCUT2D eigenvalue weighted by Crippen LogP contribution is 2.34. The molecule has 0 atom stereocenters. The topological polar surface area (TPSA) is 85.0 Å². The zero-order valence-electron chi connectivity index (χ0n) is 11.1. The molecule has 2 aliphatic heterocycles. The molecule has 1 aromatic rings. The minimum Gasteiger partial charge on any atom is -0.496 e. The lowest BCUT2D eigenvalue weighted by Crippen LogP contribution is -2.16. The molecule has 8 heteroatoms. The Labute approximate surface area is 128 Å². The number of methoxy groups -OCH3 is 2. The van der Waals surface area contributed by atoms with Crippen LogP contribution in [-0.4, -0.2) is 43.8 Å². The maximum absolute atomic E-state index is 11.2. The van der Waals surface area contributed by atoms with E-state index in [9.17, 15) is 4.79 Å². The number of fused-ring (bicyclic) bond motifs is 1. The Morgan fingerprint density at radius 2 is 1.76 bits per heavy atom. The molecule has 2 aliphatic rings. The summed E-state index contributed by atoms with van der Waals surface area (Å²) in [6.45, 7) is 0. The minimum absolute atomic E-state index is 0.263. The van der Waals surface area contributed by atoms with Crippen LogP contribution in [-0.2, 0) is 0 Å². The summed E-state index contributed by atoms with van der Waals surface area (Å²) in [6, 6.07) is 2.93. The number of nitrogens with zero attached hydrogens (tertiary/aromatic N) is 4. The number of amidine groups is 2. The molecule has 0 N–H and O–H groups in total. The lowest BCUT2D eigenvalue weighted by atomic mass is 10.1. The van der Waals surface area contributed by atoms with E-state index in [0.29, 0.717) is 28.6 Å². The number of carbonyl (C=O) groups excluding carboxylic acids is 1. The van der Waals surface area contributed by atoms with Crippen LogP contribution >= 0.6 is 15.9 Å². The van der Waals surface area contributed by atoms with Gasteiger partial charge in [-0.3, -0.25) is 0 Å². The fourth-order valence-corrected chi connectivity index (χ4v) is 2.41. The molecule has 106 valence electrons. The second-order valence-corrected chi connectivity index (χ2v) is 4.95. The van der Waals surface area contributed by atoms with Gasteiger partial charge < -0.3 is 9.47 Å². The minimum atomic E-state index is -0.586. The van der Waals surface area contributed by atoms with Gasteiger partial charge in [-0.25, -0.2) is 14.8 Å². The Hall–Kier alpha value is -2.35. The fraction of sp³-hybridized carbons (Fsp3) is 0.154. The number of hydrogen-bond donors (Lipinski definition) is 0. The van der Waals surface area contributed by atoms with Crippen LogP contribution < -0.4 is 9.47 Å². The van der Waals surface area contributed by atoms with Gasteiger partial charge in [-0.1, -0.05) is 0 Å². The summed E-state index contributed by atoms with van der Waals surface area (Å²) in [5.74, 6) is 1.86. The lowest BCUT2D eigenvalue weighted by molar-refractivity contribution is 0.257. The van der Waals surface area contributed by atoms with Crippen LogP contribution in [0.2, 0.25) is 0 Å². The Kier molecular flexibility index (Phi) is 3.38. The van der Waals surface area contributed by atoms with E-state index in [0.717, 1.165) is 4.47 Å². The van der Waals surface area contributed by atoms with Crippen molar-refractivity contribution in [3.63, 3.8) is 0 Å². The van der Waals surface area contributed by atoms with E-state index in [2.05, 4.69) is 35.9 Å². The van der Waals surface area contributed by atoms with Crippen LogP contribution in [0.4, 0.5) is 4.79 Å². The van der Waals surface area contributed by atoms with Gasteiger partial charge in [-0.2, -0.15) is 9.98 Å². The van der Waals surface area contributed by atoms with Gasteiger partial charge in [0.2, 0.25) is 0 Å². The quantitative estimate of drug-likeness (QED) is 0.839. The third-order valence-corrected chi connectivity index (χ3v) is 3.50. The Balaban J connectivity index is 2.10. The van der Waals surface area contributed by atoms with Crippen molar-refractivity contribution in [2.75, 3.05) is 14.2 Å². The van der Waals surface area contributed by atoms with Crippen molar-refractivity contribution in [3.05, 3.63) is 22.2 Å². The molecule has 0 bridgehead atoms. The third-order valence-electron chi connectivity index (χ3n) is 2.88. The average Bonchev–Trinajstić information content (AvgIpc) is 2.89. The molecule has 2 amide bonds. The number of carbonyl (C=O) groups is 1. The molecular weight excluding hydrogens is 340 g/mol. The second-order valence-electron chi connectivity index (χ2n) is 4.10. The normalized spacial score (nSPS) is 16.1. The predicted molar refractivity (Wildman–Crippen MR) is 82.5 cm³/mol. The molecule has 1 aromatic carbocycles. The van der Waals surface area contributed by atoms with E-state index in [4.69, 9.17) is 9.47 Å². The molecule has 0 fully saturated rings. The molecular formula is C13H9BrN4O3. The van der Waals surface area contributed by atoms with Crippen LogP contribution in [0.1, 0.15) is 5.56 Å². The van der Waals surface area contributed by atoms with Gasteiger partial charge in [0, 0.05) is 6.07 Å². The summed E-state index contributed by atoms with van der Waals surface area (Å²) < 4.78 is 11.3. The number of halogens is 1. The van der Waals surface area contributed by atoms with E-state index in [1.54, 1.807) is 26.4 Å². The molecule has 0 unspecified atom stereocenters. The number of ether oxygens (including phenoxy) is 2. The van der Waals surface area contributed by atoms with E-state index >= 15 is 0 Å². The van der Waals surface area contributed by atoms with Crippen LogP contribution in [0.3, 0.4) is 0 Å². The smallest absolute Gasteiger partial charge is 0.369 e. The Morgan fingerprint density at radius 3 is 2.48 bits per heavy atom. The first-order valence-corrected chi connectivity index (χ1v) is 6.68. The van der Waals surface area contributed by atoms with Crippen molar-refractivity contribution in [3.8, 4) is 11.5 Å². The maximum Gasteiger partial charge on any atom is 0.369 e. The van der Waals surface area contributed by atoms with E-state index < -0.39 is 6.03 Å². The monoisotopic (exact) mass is 348 g/mol. The maximum atomic E-state index is 11.2. The van der Waals surface area contributed by atoms with Gasteiger partial charge in [0.05, 0.1) is 30.5 Å². The number of amides is 2. The van der Waals surface area contributed by atoms with Gasteiger partial charge in [0.15, 0.2) is 11.7 Å². The zero-order valence-corrected chi connectivity index (χ0v) is 12.7. The molecule has 2 heterocycles. The summed E-state index contributed by atoms with van der Waals surface area (Å²) in [6.07, 6.45) is 1.35. The van der Waals surface area contributed by atoms with Crippen LogP contribution in [0, 0.1) is 0 Å². The molecule has 0 spiro atoms. The summed E-state index contributed by atoms with van der Waals surface area (Å²) in [5.41, 5.74) is 1.12. The van der Waals surface area contributed by atoms with Gasteiger partial charge in [0.1, 0.15) is 17.2 Å². The van der Waals surface area contributed by atoms with E-state index in [1.165, 1.54) is 6.21 Å². The molecule has 0 aromatic heterocycles. The van der Waals surface area contributed by atoms with Crippen LogP contribution in [0.15, 0.2) is 36.6 Å². The highest BCUT2D eigenvalue weighted by molar-refractivity contribution is 9.10. The molecule has 21 heavy (non-hydrogen) atoms. The average molecular weight is 349 g/mol. The largest absolute Gasteiger partial charge is 0.496 e. The van der Waals surface area contributed by atoms with Gasteiger partial charge in [-0.15, -0.1) is 0 Å². The standard InChI is InChI=1S/C13H9BrN4O3/c1-20-9-4-10(21-2)7(14)3-6(9)11-16-8-5-15-13(19)18-12(8)17-11/h3-5H,1-2H3. The molecule has 3 rings (SSSR count). The number of rotatable bonds is 3. The number of urea groups is 1. The van der Waals surface area contributed by atoms with Crippen molar-refractivity contribution in [1.29, 1.82) is 0 Å². The third kappa shape index (κ3) is 2.38. The van der Waals surface area contributed by atoms with Gasteiger partial charge >= 0.3 is 6.03 Å². The molecule has 0 radical (unpaired) electrons. The van der Waals surface area contributed by atoms with Gasteiger partial charge in [0.25, 0.3) is 0 Å². The summed E-state index contributed by atoms with van der Waals surface area (Å²) >= 11 is 3.41. The lowest BCUT2D eigenvalue weighted by Gasteiger charge is -2.10. The summed E-state index contributed by atoms with van der Waals surface area (Å²) in [5, 5.41) is 0. The van der Waals surface area contributed by atoms with Crippen molar-refractivity contribution < 1.29 is 14.3 Å². The molecule has 0 aliphatic carbocycles. The zero-order chi connectivity index (χ0) is 15.0. The molecule has 0 saturated heterocycles. The fourth-order valence-electron chi connectivity index (χ4n) is 1.91. The van der Waals surface area contributed by atoms with E-state index in [1.807, 2.05) is 0 Å². The van der Waals surface area contributed by atoms with Crippen molar-refractivity contribution >= 4 is 45.6 Å². The van der Waals surface area contributed by atoms with Crippen LogP contribution in [0.25, 0.3) is 0 Å². The van der Waals surface area contributed by atoms with Crippen molar-refractivity contribution in [2.45, 2.75) is 0 Å². The highest BCUT2D eigenvalue weighted by atomic mass is 79.9. The summed E-state index contributed by atoms with van der Waals surface area (Å²) in [7, 11) is 3.11. The number of aliphatic imine (C=N–C) groups is 4. The first-order valence-electron chi connectivity index (χ1n) is 5.88. The number of benzene rings is 1. The number of hydrogen-bond acceptors (Lipinski definition) is 5.